The van der Waals surface area contributed by atoms with Gasteiger partial charge < -0.3 is 8.27 Å². The summed E-state index contributed by atoms with van der Waals surface area (Å²) in [4.78, 5) is 11.1. The van der Waals surface area contributed by atoms with Crippen LogP contribution in [-0.4, -0.2) is 13.1 Å². The van der Waals surface area contributed by atoms with Crippen molar-refractivity contribution in [3.8, 4) is 0 Å². The Kier molecular flexibility index (Phi) is 3.80. The van der Waals surface area contributed by atoms with Crippen molar-refractivity contribution in [3.05, 3.63) is 28.8 Å². The second-order valence-corrected chi connectivity index (χ2v) is 3.29. The molecule has 0 aliphatic rings. The number of benzene rings is 1. The van der Waals surface area contributed by atoms with Gasteiger partial charge in [0.05, 0.1) is 35.5 Å². The molecule has 0 radical (unpaired) electrons. The maximum absolute atomic E-state index is 11.1. The predicted octanol–water partition coefficient (Wildman–Crippen LogP) is 2.89. The number of carbonyl (C=O) groups is 1. The molecule has 0 unspecified atom stereocenters. The molecule has 0 saturated heterocycles. The lowest BCUT2D eigenvalue weighted by Crippen LogP contribution is -2.01. The SMILES string of the molecule is COC(=O)c1cc(Cl)cc(NI)c1. The fraction of sp³-hybridized carbons (Fsp3) is 0.125. The van der Waals surface area contributed by atoms with Gasteiger partial charge in [-0.2, -0.15) is 0 Å². The van der Waals surface area contributed by atoms with Crippen molar-refractivity contribution in [1.29, 1.82) is 0 Å². The average molecular weight is 312 g/mol. The molecule has 70 valence electrons. The summed E-state index contributed by atoms with van der Waals surface area (Å²) < 4.78 is 7.43. The van der Waals surface area contributed by atoms with Gasteiger partial charge in [0.2, 0.25) is 0 Å². The molecule has 0 heterocycles. The molecule has 3 nitrogen and oxygen atoms in total. The molecule has 0 aliphatic heterocycles. The van der Waals surface area contributed by atoms with Crippen molar-refractivity contribution < 1.29 is 9.53 Å². The molecule has 0 saturated carbocycles. The number of hydrogen-bond donors (Lipinski definition) is 1. The minimum Gasteiger partial charge on any atom is -0.465 e. The summed E-state index contributed by atoms with van der Waals surface area (Å²) in [6.45, 7) is 0. The summed E-state index contributed by atoms with van der Waals surface area (Å²) in [5.74, 6) is -0.393. The van der Waals surface area contributed by atoms with Gasteiger partial charge in [-0.05, 0) is 18.2 Å². The Hall–Kier alpha value is -0.490. The highest BCUT2D eigenvalue weighted by Crippen LogP contribution is 2.20. The van der Waals surface area contributed by atoms with Crippen LogP contribution in [0.4, 0.5) is 5.69 Å². The summed E-state index contributed by atoms with van der Waals surface area (Å²) in [6, 6.07) is 4.95. The highest BCUT2D eigenvalue weighted by molar-refractivity contribution is 14.1. The number of nitrogens with one attached hydrogen (secondary N) is 1. The third-order valence-corrected chi connectivity index (χ3v) is 2.27. The molecule has 0 amide bonds. The smallest absolute Gasteiger partial charge is 0.337 e. The number of anilines is 1. The zero-order valence-corrected chi connectivity index (χ0v) is 9.72. The highest BCUT2D eigenvalue weighted by atomic mass is 127. The third-order valence-electron chi connectivity index (χ3n) is 1.43. The molecular formula is C8H7ClINO2. The Balaban J connectivity index is 3.08. The molecule has 0 fully saturated rings. The van der Waals surface area contributed by atoms with Crippen molar-refractivity contribution >= 4 is 46.1 Å². The lowest BCUT2D eigenvalue weighted by Gasteiger charge is -2.03. The Labute approximate surface area is 94.9 Å². The van der Waals surface area contributed by atoms with Gasteiger partial charge in [0, 0.05) is 10.7 Å². The van der Waals surface area contributed by atoms with E-state index in [9.17, 15) is 4.79 Å². The molecule has 13 heavy (non-hydrogen) atoms. The average Bonchev–Trinajstić information content (AvgIpc) is 2.15. The first-order valence-corrected chi connectivity index (χ1v) is 4.88. The van der Waals surface area contributed by atoms with Crippen LogP contribution in [-0.2, 0) is 4.74 Å². The molecule has 1 rings (SSSR count). The van der Waals surface area contributed by atoms with Gasteiger partial charge in [-0.25, -0.2) is 4.79 Å². The van der Waals surface area contributed by atoms with E-state index in [1.54, 1.807) is 18.2 Å². The fourth-order valence-electron chi connectivity index (χ4n) is 0.880. The van der Waals surface area contributed by atoms with E-state index >= 15 is 0 Å². The number of hydrogen-bond acceptors (Lipinski definition) is 3. The van der Waals surface area contributed by atoms with Crippen LogP contribution in [0.5, 0.6) is 0 Å². The second-order valence-electron chi connectivity index (χ2n) is 2.31. The number of methoxy groups -OCH3 is 1. The van der Waals surface area contributed by atoms with Gasteiger partial charge in [-0.15, -0.1) is 0 Å². The highest BCUT2D eigenvalue weighted by Gasteiger charge is 2.07. The summed E-state index contributed by atoms with van der Waals surface area (Å²) in [6.07, 6.45) is 0. The maximum atomic E-state index is 11.1. The largest absolute Gasteiger partial charge is 0.465 e. The number of carbonyl (C=O) groups excluding carboxylic acids is 1. The molecule has 1 N–H and O–H groups in total. The van der Waals surface area contributed by atoms with Crippen molar-refractivity contribution in [2.24, 2.45) is 0 Å². The first-order chi connectivity index (χ1) is 6.17. The molecule has 0 aliphatic carbocycles. The minimum absolute atomic E-state index is 0.393. The van der Waals surface area contributed by atoms with Crippen molar-refractivity contribution in [2.75, 3.05) is 10.6 Å². The fourth-order valence-corrected chi connectivity index (χ4v) is 1.43. The third kappa shape index (κ3) is 2.73. The summed E-state index contributed by atoms with van der Waals surface area (Å²) in [7, 11) is 1.33. The van der Waals surface area contributed by atoms with E-state index in [1.165, 1.54) is 7.11 Å². The van der Waals surface area contributed by atoms with Crippen LogP contribution >= 0.6 is 34.5 Å². The zero-order chi connectivity index (χ0) is 9.84. The van der Waals surface area contributed by atoms with Crippen LogP contribution in [0, 0.1) is 0 Å². The maximum Gasteiger partial charge on any atom is 0.337 e. The van der Waals surface area contributed by atoms with Crippen molar-refractivity contribution in [2.45, 2.75) is 0 Å². The minimum atomic E-state index is -0.393. The Morgan fingerprint density at radius 3 is 2.77 bits per heavy atom. The van der Waals surface area contributed by atoms with E-state index in [4.69, 9.17) is 11.6 Å². The quantitative estimate of drug-likeness (QED) is 0.518. The second kappa shape index (κ2) is 4.66. The first-order valence-electron chi connectivity index (χ1n) is 3.43. The summed E-state index contributed by atoms with van der Waals surface area (Å²) in [5, 5.41) is 0.502. The van der Waals surface area contributed by atoms with E-state index < -0.39 is 5.97 Å². The van der Waals surface area contributed by atoms with Crippen LogP contribution < -0.4 is 3.53 Å². The first kappa shape index (κ1) is 10.6. The van der Waals surface area contributed by atoms with E-state index in [0.29, 0.717) is 10.6 Å². The van der Waals surface area contributed by atoms with Crippen LogP contribution in [0.25, 0.3) is 0 Å². The topological polar surface area (TPSA) is 38.3 Å². The van der Waals surface area contributed by atoms with Crippen LogP contribution in [0.1, 0.15) is 10.4 Å². The zero-order valence-electron chi connectivity index (χ0n) is 6.80. The molecule has 1 aromatic rings. The van der Waals surface area contributed by atoms with Gasteiger partial charge in [-0.3, -0.25) is 0 Å². The van der Waals surface area contributed by atoms with Gasteiger partial charge in [0.15, 0.2) is 0 Å². The Morgan fingerprint density at radius 1 is 1.54 bits per heavy atom. The summed E-state index contributed by atoms with van der Waals surface area (Å²) in [5.41, 5.74) is 1.21. The summed E-state index contributed by atoms with van der Waals surface area (Å²) >= 11 is 7.74. The molecule has 0 aromatic heterocycles. The number of halogens is 2. The van der Waals surface area contributed by atoms with Gasteiger partial charge >= 0.3 is 5.97 Å². The monoisotopic (exact) mass is 311 g/mol. The van der Waals surface area contributed by atoms with Gasteiger partial charge in [0.1, 0.15) is 0 Å². The Morgan fingerprint density at radius 2 is 2.23 bits per heavy atom. The molecule has 5 heteroatoms. The van der Waals surface area contributed by atoms with E-state index in [1.807, 2.05) is 22.9 Å². The normalized spacial score (nSPS) is 9.46. The van der Waals surface area contributed by atoms with Gasteiger partial charge in [0.25, 0.3) is 0 Å². The Bertz CT molecular complexity index is 330. The van der Waals surface area contributed by atoms with E-state index in [-0.39, 0.29) is 0 Å². The van der Waals surface area contributed by atoms with E-state index in [2.05, 4.69) is 8.27 Å². The van der Waals surface area contributed by atoms with Crippen molar-refractivity contribution in [1.82, 2.24) is 0 Å². The molecular weight excluding hydrogens is 304 g/mol. The molecule has 0 bridgehead atoms. The lowest BCUT2D eigenvalue weighted by atomic mass is 10.2. The standard InChI is InChI=1S/C8H7ClINO2/c1-13-8(12)5-2-6(9)4-7(3-5)11-10/h2-4,11H,1H3. The van der Waals surface area contributed by atoms with Crippen LogP contribution in [0.2, 0.25) is 5.02 Å². The van der Waals surface area contributed by atoms with E-state index in [0.717, 1.165) is 5.69 Å². The number of rotatable bonds is 2. The van der Waals surface area contributed by atoms with Crippen LogP contribution in [0.15, 0.2) is 18.2 Å². The van der Waals surface area contributed by atoms with Crippen LogP contribution in [0.3, 0.4) is 0 Å². The predicted molar refractivity (Wildman–Crippen MR) is 60.4 cm³/mol. The number of ether oxygens (including phenoxy) is 1. The van der Waals surface area contributed by atoms with Crippen molar-refractivity contribution in [3.63, 3.8) is 0 Å². The lowest BCUT2D eigenvalue weighted by molar-refractivity contribution is 0.0601. The molecule has 0 atom stereocenters. The number of esters is 1. The molecule has 1 aromatic carbocycles. The molecule has 0 spiro atoms. The van der Waals surface area contributed by atoms with Gasteiger partial charge in [-0.1, -0.05) is 11.6 Å².